The van der Waals surface area contributed by atoms with Gasteiger partial charge in [0.25, 0.3) is 11.8 Å². The largest absolute Gasteiger partial charge is 0.490 e. The van der Waals surface area contributed by atoms with E-state index in [1.54, 1.807) is 18.2 Å². The standard InChI is InChI=1S/C27H32N2O4/c1-5-32-22-14-13-21(16-23(22)33-6-2)29-26(30)24(20-11-9-18(3)10-12-20)25(27(29)31)28-15-7-8-19(4)17-28/h9-14,16,19H,5-8,15,17H2,1-4H3. The van der Waals surface area contributed by atoms with Crippen molar-refractivity contribution in [1.29, 1.82) is 0 Å². The lowest BCUT2D eigenvalue weighted by molar-refractivity contribution is -0.120. The van der Waals surface area contributed by atoms with Gasteiger partial charge in [0.05, 0.1) is 24.5 Å². The number of likely N-dealkylation sites (tertiary alicyclic amines) is 1. The van der Waals surface area contributed by atoms with Crippen LogP contribution in [-0.2, 0) is 9.59 Å². The van der Waals surface area contributed by atoms with E-state index in [9.17, 15) is 9.59 Å². The van der Waals surface area contributed by atoms with Crippen molar-refractivity contribution in [3.05, 3.63) is 59.3 Å². The summed E-state index contributed by atoms with van der Waals surface area (Å²) in [5, 5.41) is 0. The number of carbonyl (C=O) groups is 2. The van der Waals surface area contributed by atoms with Crippen molar-refractivity contribution in [3.8, 4) is 11.5 Å². The van der Waals surface area contributed by atoms with Crippen LogP contribution < -0.4 is 14.4 Å². The fraction of sp³-hybridized carbons (Fsp3) is 0.407. The monoisotopic (exact) mass is 448 g/mol. The van der Waals surface area contributed by atoms with Crippen LogP contribution in [0.5, 0.6) is 11.5 Å². The number of imide groups is 1. The first kappa shape index (κ1) is 22.9. The molecule has 0 saturated carbocycles. The number of rotatable bonds is 7. The minimum absolute atomic E-state index is 0.281. The van der Waals surface area contributed by atoms with E-state index in [0.717, 1.165) is 37.1 Å². The molecular weight excluding hydrogens is 416 g/mol. The molecule has 1 fully saturated rings. The van der Waals surface area contributed by atoms with Gasteiger partial charge in [-0.15, -0.1) is 0 Å². The fourth-order valence-electron chi connectivity index (χ4n) is 4.60. The second-order valence-electron chi connectivity index (χ2n) is 8.73. The Bertz CT molecular complexity index is 1070. The van der Waals surface area contributed by atoms with Crippen molar-refractivity contribution in [1.82, 2.24) is 4.90 Å². The smallest absolute Gasteiger partial charge is 0.282 e. The minimum Gasteiger partial charge on any atom is -0.490 e. The summed E-state index contributed by atoms with van der Waals surface area (Å²) < 4.78 is 11.4. The van der Waals surface area contributed by atoms with E-state index in [1.165, 1.54) is 4.90 Å². The highest BCUT2D eigenvalue weighted by Gasteiger charge is 2.43. The Labute approximate surface area is 195 Å². The third kappa shape index (κ3) is 4.47. The molecule has 0 bridgehead atoms. The van der Waals surface area contributed by atoms with Crippen molar-refractivity contribution < 1.29 is 19.1 Å². The SMILES string of the molecule is CCOc1ccc(N2C(=O)C(c3ccc(C)cc3)=C(N3CCCC(C)C3)C2=O)cc1OCC. The summed E-state index contributed by atoms with van der Waals surface area (Å²) in [6.45, 7) is 10.5. The van der Waals surface area contributed by atoms with Crippen LogP contribution in [0.2, 0.25) is 0 Å². The number of piperidine rings is 1. The van der Waals surface area contributed by atoms with Crippen LogP contribution in [0.25, 0.3) is 5.57 Å². The van der Waals surface area contributed by atoms with Gasteiger partial charge in [-0.2, -0.15) is 0 Å². The number of hydrogen-bond acceptors (Lipinski definition) is 5. The van der Waals surface area contributed by atoms with Gasteiger partial charge in [-0.3, -0.25) is 9.59 Å². The zero-order chi connectivity index (χ0) is 23.5. The van der Waals surface area contributed by atoms with E-state index in [0.29, 0.717) is 47.6 Å². The van der Waals surface area contributed by atoms with Crippen LogP contribution in [0.1, 0.15) is 44.7 Å². The van der Waals surface area contributed by atoms with Crippen LogP contribution in [0.3, 0.4) is 0 Å². The van der Waals surface area contributed by atoms with Gasteiger partial charge in [0, 0.05) is 19.2 Å². The van der Waals surface area contributed by atoms with Crippen molar-refractivity contribution >= 4 is 23.1 Å². The number of amides is 2. The molecule has 2 aliphatic rings. The van der Waals surface area contributed by atoms with Crippen LogP contribution in [-0.4, -0.2) is 43.0 Å². The molecule has 6 nitrogen and oxygen atoms in total. The van der Waals surface area contributed by atoms with E-state index in [1.807, 2.05) is 45.0 Å². The maximum absolute atomic E-state index is 13.8. The Morgan fingerprint density at radius 3 is 2.30 bits per heavy atom. The summed E-state index contributed by atoms with van der Waals surface area (Å²) in [5.74, 6) is 1.01. The summed E-state index contributed by atoms with van der Waals surface area (Å²) in [6.07, 6.45) is 2.14. The first-order chi connectivity index (χ1) is 15.9. The summed E-state index contributed by atoms with van der Waals surface area (Å²) >= 11 is 0. The van der Waals surface area contributed by atoms with E-state index in [4.69, 9.17) is 9.47 Å². The average molecular weight is 449 g/mol. The van der Waals surface area contributed by atoms with E-state index in [2.05, 4.69) is 11.8 Å². The number of ether oxygens (including phenoxy) is 2. The highest BCUT2D eigenvalue weighted by Crippen LogP contribution is 2.39. The van der Waals surface area contributed by atoms with Gasteiger partial charge >= 0.3 is 0 Å². The van der Waals surface area contributed by atoms with E-state index < -0.39 is 0 Å². The molecule has 2 aliphatic heterocycles. The van der Waals surface area contributed by atoms with Crippen molar-refractivity contribution in [3.63, 3.8) is 0 Å². The van der Waals surface area contributed by atoms with Crippen molar-refractivity contribution in [2.24, 2.45) is 5.92 Å². The average Bonchev–Trinajstić information content (AvgIpc) is 3.06. The van der Waals surface area contributed by atoms with Gasteiger partial charge in [0.15, 0.2) is 11.5 Å². The summed E-state index contributed by atoms with van der Waals surface area (Å²) in [7, 11) is 0. The molecule has 2 aromatic rings. The van der Waals surface area contributed by atoms with Gasteiger partial charge in [0.2, 0.25) is 0 Å². The normalized spacial score (nSPS) is 18.8. The van der Waals surface area contributed by atoms with Crippen LogP contribution >= 0.6 is 0 Å². The summed E-state index contributed by atoms with van der Waals surface area (Å²) in [4.78, 5) is 30.9. The highest BCUT2D eigenvalue weighted by atomic mass is 16.5. The lowest BCUT2D eigenvalue weighted by atomic mass is 9.97. The predicted molar refractivity (Wildman–Crippen MR) is 129 cm³/mol. The third-order valence-electron chi connectivity index (χ3n) is 6.16. The molecule has 1 atom stereocenters. The third-order valence-corrected chi connectivity index (χ3v) is 6.16. The molecule has 1 saturated heterocycles. The molecule has 1 unspecified atom stereocenters. The molecule has 33 heavy (non-hydrogen) atoms. The number of carbonyl (C=O) groups excluding carboxylic acids is 2. The highest BCUT2D eigenvalue weighted by molar-refractivity contribution is 6.45. The second kappa shape index (κ2) is 9.69. The molecule has 0 N–H and O–H groups in total. The predicted octanol–water partition coefficient (Wildman–Crippen LogP) is 4.81. The minimum atomic E-state index is -0.302. The molecule has 0 radical (unpaired) electrons. The van der Waals surface area contributed by atoms with Gasteiger partial charge in [-0.25, -0.2) is 4.90 Å². The molecule has 4 rings (SSSR count). The Morgan fingerprint density at radius 1 is 0.939 bits per heavy atom. The number of nitrogens with zero attached hydrogens (tertiary/aromatic N) is 2. The zero-order valence-corrected chi connectivity index (χ0v) is 19.9. The first-order valence-corrected chi connectivity index (χ1v) is 11.8. The molecular formula is C27H32N2O4. The lowest BCUT2D eigenvalue weighted by Gasteiger charge is -2.33. The fourth-order valence-corrected chi connectivity index (χ4v) is 4.60. The molecule has 2 aromatic carbocycles. The zero-order valence-electron chi connectivity index (χ0n) is 19.9. The Kier molecular flexibility index (Phi) is 6.72. The van der Waals surface area contributed by atoms with Gasteiger partial charge in [-0.05, 0) is 57.2 Å². The number of hydrogen-bond donors (Lipinski definition) is 0. The van der Waals surface area contributed by atoms with E-state index >= 15 is 0 Å². The summed E-state index contributed by atoms with van der Waals surface area (Å²) in [6, 6.07) is 13.0. The Hall–Kier alpha value is -3.28. The number of benzene rings is 2. The molecule has 0 spiro atoms. The van der Waals surface area contributed by atoms with Crippen molar-refractivity contribution in [2.75, 3.05) is 31.2 Å². The topological polar surface area (TPSA) is 59.1 Å². The van der Waals surface area contributed by atoms with Gasteiger partial charge in [-0.1, -0.05) is 36.8 Å². The molecule has 174 valence electrons. The lowest BCUT2D eigenvalue weighted by Crippen LogP contribution is -2.39. The quantitative estimate of drug-likeness (QED) is 0.569. The Balaban J connectivity index is 1.79. The molecule has 2 amide bonds. The van der Waals surface area contributed by atoms with Gasteiger partial charge in [0.1, 0.15) is 5.70 Å². The summed E-state index contributed by atoms with van der Waals surface area (Å²) in [5.41, 5.74) is 3.34. The molecule has 6 heteroatoms. The van der Waals surface area contributed by atoms with Gasteiger partial charge < -0.3 is 14.4 Å². The Morgan fingerprint density at radius 2 is 1.64 bits per heavy atom. The van der Waals surface area contributed by atoms with Crippen LogP contribution in [0.15, 0.2) is 48.2 Å². The first-order valence-electron chi connectivity index (χ1n) is 11.8. The van der Waals surface area contributed by atoms with E-state index in [-0.39, 0.29) is 11.8 Å². The van der Waals surface area contributed by atoms with Crippen LogP contribution in [0.4, 0.5) is 5.69 Å². The molecule has 0 aliphatic carbocycles. The molecule has 0 aromatic heterocycles. The van der Waals surface area contributed by atoms with Crippen molar-refractivity contribution in [2.45, 2.75) is 40.5 Å². The van der Waals surface area contributed by atoms with Crippen LogP contribution in [0, 0.1) is 12.8 Å². The maximum Gasteiger partial charge on any atom is 0.282 e. The number of aryl methyl sites for hydroxylation is 1. The number of anilines is 1. The second-order valence-corrected chi connectivity index (χ2v) is 8.73. The molecule has 2 heterocycles. The maximum atomic E-state index is 13.8.